The summed E-state index contributed by atoms with van der Waals surface area (Å²) in [6.45, 7) is 3.18. The summed E-state index contributed by atoms with van der Waals surface area (Å²) in [6, 6.07) is 6.36. The van der Waals surface area contributed by atoms with Crippen LogP contribution in [0.1, 0.15) is 43.8 Å². The number of carbonyl (C=O) groups excluding carboxylic acids is 1. The third-order valence-corrected chi connectivity index (χ3v) is 5.36. The van der Waals surface area contributed by atoms with Gasteiger partial charge >= 0.3 is 0 Å². The van der Waals surface area contributed by atoms with Crippen LogP contribution < -0.4 is 0 Å². The van der Waals surface area contributed by atoms with Crippen molar-refractivity contribution in [2.75, 3.05) is 39.8 Å². The predicted molar refractivity (Wildman–Crippen MR) is 95.7 cm³/mol. The lowest BCUT2D eigenvalue weighted by molar-refractivity contribution is -0.140. The van der Waals surface area contributed by atoms with Crippen LogP contribution >= 0.6 is 0 Å². The Morgan fingerprint density at radius 2 is 1.96 bits per heavy atom. The highest BCUT2D eigenvalue weighted by molar-refractivity contribution is 5.78. The van der Waals surface area contributed by atoms with Crippen molar-refractivity contribution in [2.45, 2.75) is 38.2 Å². The monoisotopic (exact) mass is 348 g/mol. The summed E-state index contributed by atoms with van der Waals surface area (Å²) < 4.78 is 18.9. The van der Waals surface area contributed by atoms with Gasteiger partial charge in [0.25, 0.3) is 0 Å². The summed E-state index contributed by atoms with van der Waals surface area (Å²) in [5.41, 5.74) is 0.925. The molecule has 1 aromatic carbocycles. The third kappa shape index (κ3) is 5.25. The average Bonchev–Trinajstić information content (AvgIpc) is 2.63. The van der Waals surface area contributed by atoms with Gasteiger partial charge in [-0.3, -0.25) is 9.69 Å². The lowest BCUT2D eigenvalue weighted by atomic mass is 9.89. The van der Waals surface area contributed by atoms with Crippen molar-refractivity contribution in [1.29, 1.82) is 0 Å². The number of carbonyl (C=O) groups is 1. The standard InChI is InChI=1S/C20H29FN2O2/c1-22(13-16-5-3-2-4-6-16)15-20(24)23-11-12-25-19(14-23)17-7-9-18(21)10-8-17/h7-10,16,19H,2-6,11-15H2,1H3. The fourth-order valence-corrected chi connectivity index (χ4v) is 3.96. The molecule has 1 unspecified atom stereocenters. The van der Waals surface area contributed by atoms with E-state index in [0.29, 0.717) is 26.2 Å². The zero-order chi connectivity index (χ0) is 17.6. The Kier molecular flexibility index (Phi) is 6.43. The van der Waals surface area contributed by atoms with Gasteiger partial charge in [0.15, 0.2) is 0 Å². The van der Waals surface area contributed by atoms with Crippen molar-refractivity contribution in [1.82, 2.24) is 9.80 Å². The van der Waals surface area contributed by atoms with E-state index in [1.807, 2.05) is 11.9 Å². The SMILES string of the molecule is CN(CC(=O)N1CCOC(c2ccc(F)cc2)C1)CC1CCCCC1. The van der Waals surface area contributed by atoms with Crippen LogP contribution in [0.5, 0.6) is 0 Å². The molecule has 1 aromatic rings. The topological polar surface area (TPSA) is 32.8 Å². The molecule has 2 aliphatic rings. The van der Waals surface area contributed by atoms with Gasteiger partial charge < -0.3 is 9.64 Å². The van der Waals surface area contributed by atoms with Gasteiger partial charge in [-0.05, 0) is 43.5 Å². The van der Waals surface area contributed by atoms with Gasteiger partial charge in [-0.25, -0.2) is 4.39 Å². The van der Waals surface area contributed by atoms with Crippen LogP contribution in [-0.2, 0) is 9.53 Å². The summed E-state index contributed by atoms with van der Waals surface area (Å²) in [4.78, 5) is 16.7. The Bertz CT molecular complexity index is 557. The van der Waals surface area contributed by atoms with Gasteiger partial charge in [0, 0.05) is 13.1 Å². The number of nitrogens with zero attached hydrogens (tertiary/aromatic N) is 2. The molecule has 0 aromatic heterocycles. The number of amides is 1. The Morgan fingerprint density at radius 3 is 2.68 bits per heavy atom. The maximum atomic E-state index is 13.1. The second-order valence-corrected chi connectivity index (χ2v) is 7.45. The van der Waals surface area contributed by atoms with Crippen LogP contribution in [0.3, 0.4) is 0 Å². The van der Waals surface area contributed by atoms with E-state index in [4.69, 9.17) is 4.74 Å². The van der Waals surface area contributed by atoms with Crippen LogP contribution in [0.4, 0.5) is 4.39 Å². The van der Waals surface area contributed by atoms with Crippen molar-refractivity contribution in [2.24, 2.45) is 5.92 Å². The van der Waals surface area contributed by atoms with Gasteiger partial charge in [0.05, 0.1) is 19.7 Å². The molecule has 0 bridgehead atoms. The van der Waals surface area contributed by atoms with E-state index in [2.05, 4.69) is 4.90 Å². The number of hydrogen-bond acceptors (Lipinski definition) is 3. The molecule has 3 rings (SSSR count). The van der Waals surface area contributed by atoms with Crippen LogP contribution in [-0.4, -0.2) is 55.5 Å². The van der Waals surface area contributed by atoms with Crippen LogP contribution in [0.2, 0.25) is 0 Å². The van der Waals surface area contributed by atoms with Crippen LogP contribution in [0.25, 0.3) is 0 Å². The highest BCUT2D eigenvalue weighted by Gasteiger charge is 2.26. The van der Waals surface area contributed by atoms with E-state index >= 15 is 0 Å². The molecule has 4 nitrogen and oxygen atoms in total. The Labute approximate surface area is 149 Å². The molecule has 5 heteroatoms. The number of rotatable bonds is 5. The van der Waals surface area contributed by atoms with E-state index < -0.39 is 0 Å². The molecule has 0 N–H and O–H groups in total. The molecule has 1 aliphatic heterocycles. The zero-order valence-corrected chi connectivity index (χ0v) is 15.1. The van der Waals surface area contributed by atoms with Crippen molar-refractivity contribution < 1.29 is 13.9 Å². The first-order valence-corrected chi connectivity index (χ1v) is 9.45. The number of ether oxygens (including phenoxy) is 1. The smallest absolute Gasteiger partial charge is 0.236 e. The first kappa shape index (κ1) is 18.3. The van der Waals surface area contributed by atoms with Crippen molar-refractivity contribution >= 4 is 5.91 Å². The number of benzene rings is 1. The normalized spacial score (nSPS) is 22.4. The number of likely N-dealkylation sites (N-methyl/N-ethyl adjacent to an activating group) is 1. The largest absolute Gasteiger partial charge is 0.370 e. The molecule has 1 saturated carbocycles. The molecule has 1 heterocycles. The summed E-state index contributed by atoms with van der Waals surface area (Å²) in [5, 5.41) is 0. The summed E-state index contributed by atoms with van der Waals surface area (Å²) >= 11 is 0. The molecule has 0 radical (unpaired) electrons. The summed E-state index contributed by atoms with van der Waals surface area (Å²) in [6.07, 6.45) is 6.44. The van der Waals surface area contributed by atoms with Gasteiger partial charge in [0.1, 0.15) is 11.9 Å². The van der Waals surface area contributed by atoms with Crippen molar-refractivity contribution in [3.05, 3.63) is 35.6 Å². The molecular formula is C20H29FN2O2. The summed E-state index contributed by atoms with van der Waals surface area (Å²) in [7, 11) is 2.05. The van der Waals surface area contributed by atoms with Crippen molar-refractivity contribution in [3.8, 4) is 0 Å². The van der Waals surface area contributed by atoms with Gasteiger partial charge in [0.2, 0.25) is 5.91 Å². The second-order valence-electron chi connectivity index (χ2n) is 7.45. The molecule has 1 saturated heterocycles. The lowest BCUT2D eigenvalue weighted by Crippen LogP contribution is -2.46. The minimum absolute atomic E-state index is 0.161. The van der Waals surface area contributed by atoms with E-state index in [-0.39, 0.29) is 17.8 Å². The van der Waals surface area contributed by atoms with E-state index in [0.717, 1.165) is 18.0 Å². The zero-order valence-electron chi connectivity index (χ0n) is 15.1. The molecule has 25 heavy (non-hydrogen) atoms. The van der Waals surface area contributed by atoms with Gasteiger partial charge in [-0.15, -0.1) is 0 Å². The predicted octanol–water partition coefficient (Wildman–Crippen LogP) is 3.24. The molecule has 0 spiro atoms. The second kappa shape index (κ2) is 8.77. The van der Waals surface area contributed by atoms with E-state index in [1.54, 1.807) is 12.1 Å². The van der Waals surface area contributed by atoms with Gasteiger partial charge in [-0.1, -0.05) is 31.4 Å². The fraction of sp³-hybridized carbons (Fsp3) is 0.650. The third-order valence-electron chi connectivity index (χ3n) is 5.36. The number of morpholine rings is 1. The maximum Gasteiger partial charge on any atom is 0.236 e. The van der Waals surface area contributed by atoms with Gasteiger partial charge in [-0.2, -0.15) is 0 Å². The number of halogens is 1. The lowest BCUT2D eigenvalue weighted by Gasteiger charge is -2.34. The van der Waals surface area contributed by atoms with E-state index in [1.165, 1.54) is 44.2 Å². The molecule has 1 amide bonds. The fourth-order valence-electron chi connectivity index (χ4n) is 3.96. The van der Waals surface area contributed by atoms with Crippen LogP contribution in [0.15, 0.2) is 24.3 Å². The van der Waals surface area contributed by atoms with E-state index in [9.17, 15) is 9.18 Å². The molecule has 1 aliphatic carbocycles. The Morgan fingerprint density at radius 1 is 1.24 bits per heavy atom. The minimum atomic E-state index is -0.253. The molecule has 1 atom stereocenters. The first-order valence-electron chi connectivity index (χ1n) is 9.45. The maximum absolute atomic E-state index is 13.1. The molecule has 2 fully saturated rings. The highest BCUT2D eigenvalue weighted by atomic mass is 19.1. The Hall–Kier alpha value is -1.46. The Balaban J connectivity index is 1.50. The quantitative estimate of drug-likeness (QED) is 0.819. The first-order chi connectivity index (χ1) is 12.1. The average molecular weight is 348 g/mol. The molecule has 138 valence electrons. The highest BCUT2D eigenvalue weighted by Crippen LogP contribution is 2.25. The summed E-state index contributed by atoms with van der Waals surface area (Å²) in [5.74, 6) is 0.647. The van der Waals surface area contributed by atoms with Crippen molar-refractivity contribution in [3.63, 3.8) is 0 Å². The van der Waals surface area contributed by atoms with Crippen LogP contribution in [0, 0.1) is 11.7 Å². The number of hydrogen-bond donors (Lipinski definition) is 0. The minimum Gasteiger partial charge on any atom is -0.370 e. The molecular weight excluding hydrogens is 319 g/mol.